The Kier molecular flexibility index (Phi) is 9.16. The average molecular weight is 536 g/mol. The van der Waals surface area contributed by atoms with Gasteiger partial charge < -0.3 is 18.7 Å². The van der Waals surface area contributed by atoms with E-state index in [1.807, 2.05) is 42.5 Å². The Bertz CT molecular complexity index is 1240. The molecule has 0 bridgehead atoms. The number of carbonyl (C=O) groups is 2. The second-order valence-electron chi connectivity index (χ2n) is 11.2. The van der Waals surface area contributed by atoms with E-state index in [0.29, 0.717) is 35.9 Å². The molecule has 0 saturated heterocycles. The predicted octanol–water partition coefficient (Wildman–Crippen LogP) is 6.81. The third kappa shape index (κ3) is 8.98. The van der Waals surface area contributed by atoms with Crippen molar-refractivity contribution in [3.05, 3.63) is 83.9 Å². The van der Waals surface area contributed by atoms with Gasteiger partial charge in [-0.05, 0) is 65.7 Å². The molecule has 9 nitrogen and oxygen atoms in total. The minimum atomic E-state index is -0.836. The second-order valence-corrected chi connectivity index (χ2v) is 11.2. The van der Waals surface area contributed by atoms with Crippen LogP contribution in [-0.4, -0.2) is 44.5 Å². The molecule has 1 aromatic carbocycles. The summed E-state index contributed by atoms with van der Waals surface area (Å²) in [6, 6.07) is 14.4. The number of pyridine rings is 1. The van der Waals surface area contributed by atoms with Crippen LogP contribution in [0.25, 0.3) is 5.57 Å². The molecular weight excluding hydrogens is 498 g/mol. The lowest BCUT2D eigenvalue weighted by Gasteiger charge is -2.32. The molecule has 0 saturated carbocycles. The molecule has 0 radical (unpaired) electrons. The van der Waals surface area contributed by atoms with Gasteiger partial charge in [-0.2, -0.15) is 0 Å². The van der Waals surface area contributed by atoms with Gasteiger partial charge in [-0.25, -0.2) is 19.5 Å². The molecule has 0 spiro atoms. The Hall–Kier alpha value is -4.14. The van der Waals surface area contributed by atoms with Gasteiger partial charge in [0.15, 0.2) is 5.76 Å². The standard InChI is InChI=1S/C30H37N3O6/c1-20(21(2)33(27(34)37-29(3,4)5)28(35)38-30(6,7)8)25-18-24(32-39-25)17-22-12-14-23(15-13-22)19-36-26-11-9-10-16-31-26/h9-16,18,21H,1,17,19H2,2-8H3. The lowest BCUT2D eigenvalue weighted by atomic mass is 10.0. The van der Waals surface area contributed by atoms with Crippen molar-refractivity contribution >= 4 is 17.8 Å². The van der Waals surface area contributed by atoms with Gasteiger partial charge in [-0.15, -0.1) is 0 Å². The van der Waals surface area contributed by atoms with Crippen molar-refractivity contribution in [3.63, 3.8) is 0 Å². The van der Waals surface area contributed by atoms with Crippen molar-refractivity contribution in [2.45, 2.75) is 78.7 Å². The molecule has 1 atom stereocenters. The fourth-order valence-corrected chi connectivity index (χ4v) is 3.47. The average Bonchev–Trinajstić information content (AvgIpc) is 3.30. The molecule has 3 rings (SSSR count). The molecule has 1 unspecified atom stereocenters. The molecule has 2 aromatic heterocycles. The van der Waals surface area contributed by atoms with Crippen LogP contribution >= 0.6 is 0 Å². The highest BCUT2D eigenvalue weighted by Crippen LogP contribution is 2.26. The zero-order chi connectivity index (χ0) is 28.8. The molecule has 0 aliphatic heterocycles. The van der Waals surface area contributed by atoms with Crippen molar-refractivity contribution in [1.82, 2.24) is 15.0 Å². The molecule has 208 valence electrons. The summed E-state index contributed by atoms with van der Waals surface area (Å²) in [5.74, 6) is 0.929. The topological polar surface area (TPSA) is 104 Å². The van der Waals surface area contributed by atoms with Crippen LogP contribution in [0.4, 0.5) is 9.59 Å². The molecule has 39 heavy (non-hydrogen) atoms. The summed E-state index contributed by atoms with van der Waals surface area (Å²) in [6.45, 7) is 16.5. The molecule has 2 heterocycles. The van der Waals surface area contributed by atoms with Crippen molar-refractivity contribution in [2.75, 3.05) is 0 Å². The summed E-state index contributed by atoms with van der Waals surface area (Å²) in [4.78, 5) is 31.0. The fraction of sp³-hybridized carbons (Fsp3) is 0.400. The van der Waals surface area contributed by atoms with E-state index < -0.39 is 29.4 Å². The molecule has 0 N–H and O–H groups in total. The number of hydrogen-bond donors (Lipinski definition) is 0. The van der Waals surface area contributed by atoms with Gasteiger partial charge in [0.1, 0.15) is 17.8 Å². The summed E-state index contributed by atoms with van der Waals surface area (Å²) in [5, 5.41) is 4.16. The van der Waals surface area contributed by atoms with Gasteiger partial charge in [-0.1, -0.05) is 42.1 Å². The van der Waals surface area contributed by atoms with Crippen LogP contribution in [0.1, 0.15) is 71.0 Å². The Morgan fingerprint density at radius 3 is 2.08 bits per heavy atom. The van der Waals surface area contributed by atoms with Crippen LogP contribution in [-0.2, 0) is 22.5 Å². The number of benzene rings is 1. The van der Waals surface area contributed by atoms with Gasteiger partial charge >= 0.3 is 12.2 Å². The number of hydrogen-bond acceptors (Lipinski definition) is 8. The number of aromatic nitrogens is 2. The summed E-state index contributed by atoms with van der Waals surface area (Å²) in [5.41, 5.74) is 1.48. The minimum absolute atomic E-state index is 0.356. The highest BCUT2D eigenvalue weighted by molar-refractivity contribution is 5.91. The quantitative estimate of drug-likeness (QED) is 0.310. The van der Waals surface area contributed by atoms with Crippen molar-refractivity contribution < 1.29 is 28.3 Å². The van der Waals surface area contributed by atoms with Gasteiger partial charge in [0, 0.05) is 30.3 Å². The lowest BCUT2D eigenvalue weighted by Crippen LogP contribution is -2.48. The van der Waals surface area contributed by atoms with Gasteiger partial charge in [0.05, 0.1) is 11.7 Å². The Morgan fingerprint density at radius 2 is 1.54 bits per heavy atom. The lowest BCUT2D eigenvalue weighted by molar-refractivity contribution is -0.00176. The summed E-state index contributed by atoms with van der Waals surface area (Å²) >= 11 is 0. The Morgan fingerprint density at radius 1 is 0.949 bits per heavy atom. The first kappa shape index (κ1) is 29.4. The summed E-state index contributed by atoms with van der Waals surface area (Å²) in [7, 11) is 0. The molecule has 2 amide bonds. The van der Waals surface area contributed by atoms with Crippen LogP contribution in [0, 0.1) is 0 Å². The third-order valence-electron chi connectivity index (χ3n) is 5.38. The van der Waals surface area contributed by atoms with E-state index in [1.165, 1.54) is 0 Å². The van der Waals surface area contributed by atoms with E-state index in [9.17, 15) is 9.59 Å². The van der Waals surface area contributed by atoms with Crippen molar-refractivity contribution in [3.8, 4) is 5.88 Å². The molecule has 9 heteroatoms. The van der Waals surface area contributed by atoms with E-state index >= 15 is 0 Å². The van der Waals surface area contributed by atoms with E-state index in [2.05, 4.69) is 16.7 Å². The predicted molar refractivity (Wildman–Crippen MR) is 147 cm³/mol. The zero-order valence-electron chi connectivity index (χ0n) is 23.7. The largest absolute Gasteiger partial charge is 0.473 e. The second kappa shape index (κ2) is 12.1. The maximum atomic E-state index is 13.0. The van der Waals surface area contributed by atoms with Crippen LogP contribution < -0.4 is 4.74 Å². The van der Waals surface area contributed by atoms with Crippen LogP contribution in [0.5, 0.6) is 5.88 Å². The third-order valence-corrected chi connectivity index (χ3v) is 5.38. The Balaban J connectivity index is 1.68. The maximum absolute atomic E-state index is 13.0. The van der Waals surface area contributed by atoms with Crippen LogP contribution in [0.15, 0.2) is 65.8 Å². The molecule has 3 aromatic rings. The number of rotatable bonds is 8. The molecule has 0 aliphatic rings. The molecular formula is C30H37N3O6. The SMILES string of the molecule is C=C(c1cc(Cc2ccc(COc3ccccn3)cc2)no1)C(C)N(C(=O)OC(C)(C)C)C(=O)OC(C)(C)C. The van der Waals surface area contributed by atoms with E-state index in [-0.39, 0.29) is 0 Å². The van der Waals surface area contributed by atoms with E-state index in [0.717, 1.165) is 16.0 Å². The monoisotopic (exact) mass is 535 g/mol. The fourth-order valence-electron chi connectivity index (χ4n) is 3.47. The number of nitrogens with zero attached hydrogens (tertiary/aromatic N) is 3. The highest BCUT2D eigenvalue weighted by Gasteiger charge is 2.36. The Labute approximate surface area is 229 Å². The van der Waals surface area contributed by atoms with Crippen LogP contribution in [0.3, 0.4) is 0 Å². The van der Waals surface area contributed by atoms with E-state index in [1.54, 1.807) is 60.7 Å². The minimum Gasteiger partial charge on any atom is -0.473 e. The maximum Gasteiger partial charge on any atom is 0.420 e. The van der Waals surface area contributed by atoms with Gasteiger partial charge in [-0.3, -0.25) is 0 Å². The van der Waals surface area contributed by atoms with E-state index in [4.69, 9.17) is 18.7 Å². The first-order valence-electron chi connectivity index (χ1n) is 12.7. The number of carbonyl (C=O) groups excluding carboxylic acids is 2. The first-order chi connectivity index (χ1) is 18.2. The van der Waals surface area contributed by atoms with Crippen molar-refractivity contribution in [2.24, 2.45) is 0 Å². The summed E-state index contributed by atoms with van der Waals surface area (Å²) in [6.07, 6.45) is 0.538. The first-order valence-corrected chi connectivity index (χ1v) is 12.7. The van der Waals surface area contributed by atoms with Gasteiger partial charge in [0.25, 0.3) is 0 Å². The molecule has 0 fully saturated rings. The highest BCUT2D eigenvalue weighted by atomic mass is 16.6. The van der Waals surface area contributed by atoms with Gasteiger partial charge in [0.2, 0.25) is 5.88 Å². The van der Waals surface area contributed by atoms with Crippen LogP contribution in [0.2, 0.25) is 0 Å². The summed E-state index contributed by atoms with van der Waals surface area (Å²) < 4.78 is 22.2. The number of ether oxygens (including phenoxy) is 3. The zero-order valence-corrected chi connectivity index (χ0v) is 23.7. The number of amides is 2. The molecule has 0 aliphatic carbocycles. The normalized spacial score (nSPS) is 12.4. The number of imide groups is 1. The van der Waals surface area contributed by atoms with Crippen molar-refractivity contribution in [1.29, 1.82) is 0 Å². The smallest absolute Gasteiger partial charge is 0.420 e.